The largest absolute Gasteiger partial charge is 0.247 e. The summed E-state index contributed by atoms with van der Waals surface area (Å²) >= 11 is 5.66. The molecule has 0 aliphatic heterocycles. The van der Waals surface area contributed by atoms with Crippen molar-refractivity contribution in [2.75, 3.05) is 0 Å². The second kappa shape index (κ2) is 9.22. The Morgan fingerprint density at radius 2 is 1.88 bits per heavy atom. The van der Waals surface area contributed by atoms with Crippen LogP contribution in [0.2, 0.25) is 0 Å². The standard InChI is InChI=1S/C7H6BrIN3P.2C2H6/c1-4-5-2-7(8)10-3-6(5)12(11-4)13-9;2*1-2/h2-3,13H,1H3;2*1-2H3. The van der Waals surface area contributed by atoms with Crippen LogP contribution in [0, 0.1) is 6.92 Å². The maximum Gasteiger partial charge on any atom is 0.106 e. The lowest BCUT2D eigenvalue weighted by Gasteiger charge is -1.95. The van der Waals surface area contributed by atoms with Gasteiger partial charge in [-0.05, 0) is 51.0 Å². The Morgan fingerprint density at radius 1 is 1.29 bits per heavy atom. The van der Waals surface area contributed by atoms with Crippen molar-refractivity contribution < 1.29 is 0 Å². The van der Waals surface area contributed by atoms with Crippen molar-refractivity contribution >= 4 is 55.2 Å². The number of pyridine rings is 1. The zero-order chi connectivity index (χ0) is 13.4. The summed E-state index contributed by atoms with van der Waals surface area (Å²) < 4.78 is 2.84. The first kappa shape index (κ1) is 17.3. The number of aromatic nitrogens is 3. The van der Waals surface area contributed by atoms with Crippen molar-refractivity contribution in [2.45, 2.75) is 34.6 Å². The summed E-state index contributed by atoms with van der Waals surface area (Å²) in [4.78, 5) is 4.19. The van der Waals surface area contributed by atoms with Crippen molar-refractivity contribution in [3.8, 4) is 0 Å². The predicted octanol–water partition coefficient (Wildman–Crippen LogP) is 5.35. The van der Waals surface area contributed by atoms with Crippen molar-refractivity contribution in [1.29, 1.82) is 0 Å². The van der Waals surface area contributed by atoms with Crippen LogP contribution in [0.5, 0.6) is 0 Å². The molecule has 2 aromatic heterocycles. The number of fused-ring (bicyclic) bond motifs is 1. The fraction of sp³-hybridized carbons (Fsp3) is 0.455. The normalized spacial score (nSPS) is 9.82. The van der Waals surface area contributed by atoms with Crippen LogP contribution in [0.3, 0.4) is 0 Å². The van der Waals surface area contributed by atoms with Gasteiger partial charge in [0.15, 0.2) is 0 Å². The third-order valence-corrected chi connectivity index (χ3v) is 4.10. The van der Waals surface area contributed by atoms with Crippen molar-refractivity contribution in [1.82, 2.24) is 14.5 Å². The Labute approximate surface area is 126 Å². The van der Waals surface area contributed by atoms with Gasteiger partial charge in [0.1, 0.15) is 4.60 Å². The van der Waals surface area contributed by atoms with Gasteiger partial charge in [-0.15, -0.1) is 0 Å². The first-order valence-corrected chi connectivity index (χ1v) is 10.5. The van der Waals surface area contributed by atoms with E-state index in [4.69, 9.17) is 0 Å². The van der Waals surface area contributed by atoms with Crippen LogP contribution in [0.1, 0.15) is 33.4 Å². The van der Waals surface area contributed by atoms with E-state index < -0.39 is 0 Å². The minimum absolute atomic E-state index is 0.622. The number of nitrogens with zero attached hydrogens (tertiary/aromatic N) is 3. The van der Waals surface area contributed by atoms with Crippen LogP contribution >= 0.6 is 44.3 Å². The summed E-state index contributed by atoms with van der Waals surface area (Å²) in [5.41, 5.74) is 2.16. The minimum Gasteiger partial charge on any atom is -0.247 e. The fourth-order valence-electron chi connectivity index (χ4n) is 1.20. The Hall–Kier alpha value is 0.260. The molecule has 0 aliphatic rings. The topological polar surface area (TPSA) is 30.7 Å². The van der Waals surface area contributed by atoms with Gasteiger partial charge >= 0.3 is 0 Å². The maximum atomic E-state index is 4.41. The molecule has 3 nitrogen and oxygen atoms in total. The predicted molar refractivity (Wildman–Crippen MR) is 90.4 cm³/mol. The van der Waals surface area contributed by atoms with E-state index in [1.54, 1.807) is 0 Å². The lowest BCUT2D eigenvalue weighted by Crippen LogP contribution is -1.83. The lowest BCUT2D eigenvalue weighted by molar-refractivity contribution is 1.00. The average Bonchev–Trinajstić information content (AvgIpc) is 2.71. The Morgan fingerprint density at radius 3 is 2.41 bits per heavy atom. The minimum atomic E-state index is 0.622. The first-order valence-electron chi connectivity index (χ1n) is 5.60. The van der Waals surface area contributed by atoms with Gasteiger partial charge in [0.2, 0.25) is 0 Å². The number of aryl methyl sites for hydroxylation is 1. The number of hydrogen-bond donors (Lipinski definition) is 0. The third-order valence-electron chi connectivity index (χ3n) is 1.80. The Kier molecular flexibility index (Phi) is 9.37. The van der Waals surface area contributed by atoms with Crippen molar-refractivity contribution in [3.63, 3.8) is 0 Å². The van der Waals surface area contributed by atoms with Gasteiger partial charge in [-0.1, -0.05) is 27.7 Å². The first-order chi connectivity index (χ1) is 8.22. The highest BCUT2D eigenvalue weighted by molar-refractivity contribution is 14.2. The average molecular weight is 430 g/mol. The molecule has 1 unspecified atom stereocenters. The second-order valence-corrected chi connectivity index (χ2v) is 5.46. The molecular formula is C11H18BrIN3P. The van der Waals surface area contributed by atoms with Gasteiger partial charge < -0.3 is 0 Å². The molecule has 0 aromatic carbocycles. The van der Waals surface area contributed by atoms with E-state index in [1.807, 2.05) is 51.3 Å². The molecule has 2 aromatic rings. The van der Waals surface area contributed by atoms with Gasteiger partial charge in [0.25, 0.3) is 0 Å². The molecule has 1 atom stereocenters. The quantitative estimate of drug-likeness (QED) is 0.347. The summed E-state index contributed by atoms with van der Waals surface area (Å²) in [5.74, 6) is 0. The molecule has 0 amide bonds. The van der Waals surface area contributed by atoms with E-state index in [-0.39, 0.29) is 0 Å². The molecule has 17 heavy (non-hydrogen) atoms. The van der Waals surface area contributed by atoms with Crippen LogP contribution in [0.15, 0.2) is 16.9 Å². The molecule has 2 heterocycles. The molecular weight excluding hydrogens is 412 g/mol. The van der Waals surface area contributed by atoms with Crippen LogP contribution < -0.4 is 0 Å². The summed E-state index contributed by atoms with van der Waals surface area (Å²) in [6, 6.07) is 2.00. The molecule has 0 saturated carbocycles. The van der Waals surface area contributed by atoms with Gasteiger partial charge in [-0.25, -0.2) is 9.44 Å². The van der Waals surface area contributed by atoms with Crippen molar-refractivity contribution in [2.24, 2.45) is 0 Å². The summed E-state index contributed by atoms with van der Waals surface area (Å²) in [5, 5.41) is 5.58. The smallest absolute Gasteiger partial charge is 0.106 e. The second-order valence-electron chi connectivity index (χ2n) is 2.61. The molecule has 0 fully saturated rings. The molecule has 0 spiro atoms. The Bertz CT molecular complexity index is 459. The fourth-order valence-corrected chi connectivity index (χ4v) is 3.09. The molecule has 0 radical (unpaired) electrons. The summed E-state index contributed by atoms with van der Waals surface area (Å²) in [7, 11) is 0. The van der Waals surface area contributed by atoms with E-state index in [0.29, 0.717) is 6.37 Å². The van der Waals surface area contributed by atoms with E-state index in [0.717, 1.165) is 15.8 Å². The molecule has 96 valence electrons. The lowest BCUT2D eigenvalue weighted by atomic mass is 10.3. The zero-order valence-electron chi connectivity index (χ0n) is 10.8. The molecule has 0 aliphatic carbocycles. The van der Waals surface area contributed by atoms with E-state index in [9.17, 15) is 0 Å². The van der Waals surface area contributed by atoms with Gasteiger partial charge in [-0.3, -0.25) is 0 Å². The summed E-state index contributed by atoms with van der Waals surface area (Å²) in [6.07, 6.45) is 2.47. The van der Waals surface area contributed by atoms with E-state index in [2.05, 4.69) is 48.1 Å². The number of hydrogen-bond acceptors (Lipinski definition) is 2. The van der Waals surface area contributed by atoms with Gasteiger partial charge in [0.05, 0.1) is 23.8 Å². The third kappa shape index (κ3) is 4.45. The highest BCUT2D eigenvalue weighted by atomic mass is 127. The molecule has 6 heteroatoms. The monoisotopic (exact) mass is 429 g/mol. The maximum absolute atomic E-state index is 4.41. The molecule has 0 N–H and O–H groups in total. The van der Waals surface area contributed by atoms with Crippen LogP contribution in [-0.2, 0) is 0 Å². The summed E-state index contributed by atoms with van der Waals surface area (Å²) in [6.45, 7) is 10.0. The van der Waals surface area contributed by atoms with Crippen LogP contribution in [0.4, 0.5) is 0 Å². The van der Waals surface area contributed by atoms with Gasteiger partial charge in [-0.2, -0.15) is 5.10 Å². The molecule has 2 rings (SSSR count). The van der Waals surface area contributed by atoms with Crippen LogP contribution in [-0.4, -0.2) is 14.5 Å². The number of halogens is 2. The van der Waals surface area contributed by atoms with E-state index >= 15 is 0 Å². The zero-order valence-corrected chi connectivity index (χ0v) is 15.5. The van der Waals surface area contributed by atoms with Crippen LogP contribution in [0.25, 0.3) is 10.9 Å². The SMILES string of the molecule is CC.CC.Cc1nn(PI)c2cnc(Br)cc12. The number of rotatable bonds is 1. The molecule has 0 saturated heterocycles. The highest BCUT2D eigenvalue weighted by Gasteiger charge is 2.06. The van der Waals surface area contributed by atoms with Crippen molar-refractivity contribution in [3.05, 3.63) is 22.6 Å². The molecule has 0 bridgehead atoms. The highest BCUT2D eigenvalue weighted by Crippen LogP contribution is 2.30. The van der Waals surface area contributed by atoms with Gasteiger partial charge in [0, 0.05) is 5.39 Å². The van der Waals surface area contributed by atoms with E-state index in [1.165, 1.54) is 5.39 Å². The Balaban J connectivity index is 0.000000581.